The molecule has 0 aromatic heterocycles. The molecule has 1 atom stereocenters. The number of hydrogen-bond donors (Lipinski definition) is 1. The lowest BCUT2D eigenvalue weighted by Crippen LogP contribution is -2.50. The summed E-state index contributed by atoms with van der Waals surface area (Å²) in [7, 11) is 0. The Morgan fingerprint density at radius 2 is 1.74 bits per heavy atom. The molecule has 31 heavy (non-hydrogen) atoms. The molecular weight excluding hydrogens is 456 g/mol. The summed E-state index contributed by atoms with van der Waals surface area (Å²) >= 11 is 3.55. The molecule has 0 bridgehead atoms. The lowest BCUT2D eigenvalue weighted by molar-refractivity contribution is -0.142. The molecule has 166 valence electrons. The van der Waals surface area contributed by atoms with Gasteiger partial charge in [0, 0.05) is 17.1 Å². The molecule has 3 rings (SSSR count). The molecule has 1 aliphatic rings. The van der Waals surface area contributed by atoms with Crippen molar-refractivity contribution in [2.75, 3.05) is 6.61 Å². The lowest BCUT2D eigenvalue weighted by atomic mass is 10.1. The van der Waals surface area contributed by atoms with Crippen LogP contribution in [0.3, 0.4) is 0 Å². The minimum Gasteiger partial charge on any atom is -0.484 e. The molecule has 1 saturated carbocycles. The van der Waals surface area contributed by atoms with E-state index in [4.69, 9.17) is 4.74 Å². The highest BCUT2D eigenvalue weighted by atomic mass is 79.9. The second kappa shape index (κ2) is 10.8. The molecule has 2 aromatic carbocycles. The maximum atomic E-state index is 13.2. The number of carbonyl (C=O) groups excluding carboxylic acids is 2. The Morgan fingerprint density at radius 1 is 1.13 bits per heavy atom. The third kappa shape index (κ3) is 6.33. The van der Waals surface area contributed by atoms with E-state index in [1.54, 1.807) is 11.8 Å². The average Bonchev–Trinajstić information content (AvgIpc) is 3.27. The summed E-state index contributed by atoms with van der Waals surface area (Å²) in [6, 6.07) is 13.2. The lowest BCUT2D eigenvalue weighted by Gasteiger charge is -2.29. The number of nitrogens with one attached hydrogen (secondary N) is 1. The second-order valence-corrected chi connectivity index (χ2v) is 9.13. The Bertz CT molecular complexity index is 887. The van der Waals surface area contributed by atoms with E-state index < -0.39 is 6.04 Å². The van der Waals surface area contributed by atoms with E-state index in [0.717, 1.165) is 46.8 Å². The van der Waals surface area contributed by atoms with Crippen molar-refractivity contribution < 1.29 is 14.3 Å². The normalized spacial score (nSPS) is 14.8. The fourth-order valence-electron chi connectivity index (χ4n) is 3.97. The van der Waals surface area contributed by atoms with Gasteiger partial charge in [-0.15, -0.1) is 0 Å². The van der Waals surface area contributed by atoms with Crippen molar-refractivity contribution in [1.82, 2.24) is 10.2 Å². The number of ether oxygens (including phenoxy) is 1. The van der Waals surface area contributed by atoms with Gasteiger partial charge < -0.3 is 15.0 Å². The molecule has 2 aromatic rings. The minimum absolute atomic E-state index is 0.105. The first kappa shape index (κ1) is 23.3. The van der Waals surface area contributed by atoms with Crippen LogP contribution in [0.25, 0.3) is 0 Å². The Morgan fingerprint density at radius 3 is 2.35 bits per heavy atom. The van der Waals surface area contributed by atoms with Crippen molar-refractivity contribution in [3.05, 3.63) is 63.6 Å². The van der Waals surface area contributed by atoms with Crippen LogP contribution in [0.4, 0.5) is 0 Å². The van der Waals surface area contributed by atoms with Gasteiger partial charge in [0.2, 0.25) is 5.91 Å². The van der Waals surface area contributed by atoms with Crippen molar-refractivity contribution in [3.63, 3.8) is 0 Å². The zero-order valence-electron chi connectivity index (χ0n) is 18.5. The molecule has 2 amide bonds. The molecule has 6 heteroatoms. The summed E-state index contributed by atoms with van der Waals surface area (Å²) < 4.78 is 6.86. The first-order valence-corrected chi connectivity index (χ1v) is 11.7. The molecule has 5 nitrogen and oxygen atoms in total. The molecule has 1 N–H and O–H groups in total. The molecule has 1 aliphatic carbocycles. The summed E-state index contributed by atoms with van der Waals surface area (Å²) in [5, 5.41) is 3.12. The van der Waals surface area contributed by atoms with Gasteiger partial charge >= 0.3 is 0 Å². The first-order chi connectivity index (χ1) is 14.8. The van der Waals surface area contributed by atoms with Crippen LogP contribution in [0.15, 0.2) is 46.9 Å². The van der Waals surface area contributed by atoms with Gasteiger partial charge in [0.25, 0.3) is 5.91 Å². The summed E-state index contributed by atoms with van der Waals surface area (Å²) in [5.74, 6) is 0.330. The van der Waals surface area contributed by atoms with E-state index in [0.29, 0.717) is 12.3 Å². The zero-order valence-corrected chi connectivity index (χ0v) is 20.1. The van der Waals surface area contributed by atoms with Crippen LogP contribution in [-0.4, -0.2) is 35.4 Å². The largest absolute Gasteiger partial charge is 0.484 e. The average molecular weight is 487 g/mol. The van der Waals surface area contributed by atoms with Gasteiger partial charge in [0.1, 0.15) is 11.8 Å². The van der Waals surface area contributed by atoms with Gasteiger partial charge in [-0.05, 0) is 62.4 Å². The van der Waals surface area contributed by atoms with Crippen molar-refractivity contribution >= 4 is 27.7 Å². The summed E-state index contributed by atoms with van der Waals surface area (Å²) in [4.78, 5) is 27.6. The number of carbonyl (C=O) groups is 2. The summed E-state index contributed by atoms with van der Waals surface area (Å²) in [5.41, 5.74) is 3.08. The van der Waals surface area contributed by atoms with Gasteiger partial charge in [-0.3, -0.25) is 9.59 Å². The van der Waals surface area contributed by atoms with Crippen molar-refractivity contribution in [2.24, 2.45) is 0 Å². The predicted octanol–water partition coefficient (Wildman–Crippen LogP) is 4.92. The maximum absolute atomic E-state index is 13.2. The number of benzene rings is 2. The third-order valence-corrected chi connectivity index (χ3v) is 7.09. The number of rotatable bonds is 8. The Balaban J connectivity index is 1.71. The van der Waals surface area contributed by atoms with Crippen LogP contribution in [0.5, 0.6) is 5.75 Å². The van der Waals surface area contributed by atoms with E-state index in [-0.39, 0.29) is 24.5 Å². The SMILES string of the molecule is Cc1cc(OCC(=O)N(Cc2ccccc2)C(C)C(=O)NC2CCCC2)cc(C)c1Br. The smallest absolute Gasteiger partial charge is 0.261 e. The van der Waals surface area contributed by atoms with Crippen LogP contribution < -0.4 is 10.1 Å². The van der Waals surface area contributed by atoms with Gasteiger partial charge in [-0.25, -0.2) is 0 Å². The fourth-order valence-corrected chi connectivity index (χ4v) is 4.20. The standard InChI is InChI=1S/C25H31BrN2O3/c1-17-13-22(14-18(2)24(17)26)31-16-23(29)28(15-20-9-5-4-6-10-20)19(3)25(30)27-21-11-7-8-12-21/h4-6,9-10,13-14,19,21H,7-8,11-12,15-16H2,1-3H3,(H,27,30). The quantitative estimate of drug-likeness (QED) is 0.575. The molecule has 1 unspecified atom stereocenters. The van der Waals surface area contributed by atoms with E-state index in [2.05, 4.69) is 21.2 Å². The van der Waals surface area contributed by atoms with Crippen molar-refractivity contribution in [2.45, 2.75) is 65.1 Å². The molecule has 0 aliphatic heterocycles. The number of nitrogens with zero attached hydrogens (tertiary/aromatic N) is 1. The number of amides is 2. The van der Waals surface area contributed by atoms with Gasteiger partial charge in [-0.2, -0.15) is 0 Å². The second-order valence-electron chi connectivity index (χ2n) is 8.33. The number of hydrogen-bond acceptors (Lipinski definition) is 3. The summed E-state index contributed by atoms with van der Waals surface area (Å²) in [6.07, 6.45) is 4.31. The number of halogens is 1. The molecule has 0 heterocycles. The summed E-state index contributed by atoms with van der Waals surface area (Å²) in [6.45, 7) is 6.01. The van der Waals surface area contributed by atoms with Crippen LogP contribution in [-0.2, 0) is 16.1 Å². The molecule has 1 fully saturated rings. The maximum Gasteiger partial charge on any atom is 0.261 e. The zero-order chi connectivity index (χ0) is 22.4. The molecule has 0 saturated heterocycles. The predicted molar refractivity (Wildman–Crippen MR) is 126 cm³/mol. The van der Waals surface area contributed by atoms with Crippen molar-refractivity contribution in [3.8, 4) is 5.75 Å². The topological polar surface area (TPSA) is 58.6 Å². The van der Waals surface area contributed by atoms with Gasteiger partial charge in [0.15, 0.2) is 6.61 Å². The Labute approximate surface area is 193 Å². The molecular formula is C25H31BrN2O3. The highest BCUT2D eigenvalue weighted by molar-refractivity contribution is 9.10. The van der Waals surface area contributed by atoms with E-state index >= 15 is 0 Å². The Hall–Kier alpha value is -2.34. The van der Waals surface area contributed by atoms with Crippen LogP contribution in [0.1, 0.15) is 49.3 Å². The van der Waals surface area contributed by atoms with Crippen LogP contribution in [0, 0.1) is 13.8 Å². The van der Waals surface area contributed by atoms with Gasteiger partial charge in [0.05, 0.1) is 0 Å². The molecule has 0 spiro atoms. The fraction of sp³-hybridized carbons (Fsp3) is 0.440. The van der Waals surface area contributed by atoms with Gasteiger partial charge in [-0.1, -0.05) is 59.1 Å². The van der Waals surface area contributed by atoms with E-state index in [1.165, 1.54) is 0 Å². The first-order valence-electron chi connectivity index (χ1n) is 10.9. The van der Waals surface area contributed by atoms with E-state index in [9.17, 15) is 9.59 Å². The van der Waals surface area contributed by atoms with Crippen molar-refractivity contribution in [1.29, 1.82) is 0 Å². The van der Waals surface area contributed by atoms with Crippen LogP contribution in [0.2, 0.25) is 0 Å². The Kier molecular flexibility index (Phi) is 8.13. The highest BCUT2D eigenvalue weighted by Crippen LogP contribution is 2.26. The minimum atomic E-state index is -0.578. The monoisotopic (exact) mass is 486 g/mol. The highest BCUT2D eigenvalue weighted by Gasteiger charge is 2.28. The molecule has 0 radical (unpaired) electrons. The number of aryl methyl sites for hydroxylation is 2. The van der Waals surface area contributed by atoms with E-state index in [1.807, 2.05) is 56.3 Å². The third-order valence-electron chi connectivity index (χ3n) is 5.84. The van der Waals surface area contributed by atoms with Crippen LogP contribution >= 0.6 is 15.9 Å².